The molecule has 246 valence electrons. The maximum Gasteiger partial charge on any atom is 0.166 e. The number of hydrogen-bond donors (Lipinski definition) is 0. The van der Waals surface area contributed by atoms with Crippen LogP contribution < -0.4 is 0 Å². The molecule has 1 aliphatic carbocycles. The first kappa shape index (κ1) is 29.5. The Morgan fingerprint density at radius 1 is 0.302 bits per heavy atom. The summed E-state index contributed by atoms with van der Waals surface area (Å²) in [6, 6.07) is 64.5. The Morgan fingerprint density at radius 2 is 0.830 bits per heavy atom. The van der Waals surface area contributed by atoms with Gasteiger partial charge in [0, 0.05) is 27.5 Å². The van der Waals surface area contributed by atoms with E-state index in [1.165, 1.54) is 43.8 Å². The third-order valence-electron chi connectivity index (χ3n) is 10.6. The maximum absolute atomic E-state index is 5.22. The van der Waals surface area contributed by atoms with Crippen molar-refractivity contribution in [1.29, 1.82) is 0 Å². The highest BCUT2D eigenvalue weighted by atomic mass is 15.1. The zero-order chi connectivity index (χ0) is 34.9. The molecule has 0 saturated heterocycles. The number of fused-ring (bicyclic) bond motifs is 3. The molecular weight excluding hydrogens is 645 g/mol. The van der Waals surface area contributed by atoms with Gasteiger partial charge in [-0.3, -0.25) is 0 Å². The molecule has 4 heteroatoms. The Bertz CT molecular complexity index is 2980. The molecule has 2 heterocycles. The van der Waals surface area contributed by atoms with Gasteiger partial charge in [-0.15, -0.1) is 0 Å². The van der Waals surface area contributed by atoms with Crippen molar-refractivity contribution in [2.75, 3.05) is 0 Å². The third kappa shape index (κ3) is 4.59. The summed E-state index contributed by atoms with van der Waals surface area (Å²) in [6.45, 7) is 0. The minimum absolute atomic E-state index is 0.623. The number of aromatic nitrogens is 4. The molecule has 53 heavy (non-hydrogen) atoms. The van der Waals surface area contributed by atoms with Crippen LogP contribution in [0, 0.1) is 0 Å². The van der Waals surface area contributed by atoms with Gasteiger partial charge in [-0.2, -0.15) is 0 Å². The third-order valence-corrected chi connectivity index (χ3v) is 10.6. The van der Waals surface area contributed by atoms with Crippen LogP contribution in [-0.4, -0.2) is 19.5 Å². The predicted molar refractivity (Wildman–Crippen MR) is 218 cm³/mol. The first-order valence-electron chi connectivity index (χ1n) is 18.0. The van der Waals surface area contributed by atoms with Crippen LogP contribution >= 0.6 is 0 Å². The zero-order valence-corrected chi connectivity index (χ0v) is 28.6. The Labute approximate surface area is 306 Å². The Hall–Kier alpha value is -7.17. The van der Waals surface area contributed by atoms with Gasteiger partial charge in [-0.05, 0) is 68.4 Å². The standard InChI is InChI=1S/C49H30N4/c1-4-14-31(15-5-1)35-26-28-40(49-51-47(33-16-6-2-7-17-33)50-48(52-49)34-18-8-3-9-19-34)43(30-35)53-41-25-13-24-39-37-22-11-10-21-36(37)38-23-12-20-32-27-29-42(53)46(44(32)38)45(39)41/h1-30H. The molecular formula is C49H30N4. The van der Waals surface area contributed by atoms with Gasteiger partial charge in [0.1, 0.15) is 0 Å². The van der Waals surface area contributed by atoms with Gasteiger partial charge < -0.3 is 4.57 Å². The van der Waals surface area contributed by atoms with Crippen LogP contribution in [0.4, 0.5) is 0 Å². The molecule has 0 aliphatic heterocycles. The SMILES string of the molecule is c1ccc(-c2ccc(-c3nc(-c4ccccc4)nc(-c4ccccc4)n3)c(-n3c4cccc5c4c4c6c(cccc6ccc43)-c3ccccc3-5)c2)cc1. The molecule has 0 saturated carbocycles. The van der Waals surface area contributed by atoms with E-state index >= 15 is 0 Å². The molecule has 1 aliphatic rings. The summed E-state index contributed by atoms with van der Waals surface area (Å²) >= 11 is 0. The molecule has 0 N–H and O–H groups in total. The monoisotopic (exact) mass is 674 g/mol. The van der Waals surface area contributed by atoms with Crippen molar-refractivity contribution in [1.82, 2.24) is 19.5 Å². The minimum atomic E-state index is 0.623. The van der Waals surface area contributed by atoms with E-state index < -0.39 is 0 Å². The van der Waals surface area contributed by atoms with E-state index in [0.717, 1.165) is 44.5 Å². The molecule has 0 spiro atoms. The van der Waals surface area contributed by atoms with Crippen molar-refractivity contribution < 1.29 is 0 Å². The molecule has 0 atom stereocenters. The number of rotatable bonds is 5. The second kappa shape index (κ2) is 11.7. The molecule has 8 aromatic carbocycles. The van der Waals surface area contributed by atoms with E-state index in [1.807, 2.05) is 36.4 Å². The van der Waals surface area contributed by atoms with E-state index in [9.17, 15) is 0 Å². The highest BCUT2D eigenvalue weighted by Crippen LogP contribution is 2.50. The lowest BCUT2D eigenvalue weighted by Crippen LogP contribution is -2.04. The number of nitrogens with zero attached hydrogens (tertiary/aromatic N) is 4. The van der Waals surface area contributed by atoms with Crippen molar-refractivity contribution in [2.45, 2.75) is 0 Å². The summed E-state index contributed by atoms with van der Waals surface area (Å²) in [4.78, 5) is 15.5. The molecule has 4 nitrogen and oxygen atoms in total. The second-order valence-electron chi connectivity index (χ2n) is 13.6. The summed E-state index contributed by atoms with van der Waals surface area (Å²) in [5.41, 5.74) is 13.4. The van der Waals surface area contributed by atoms with Crippen LogP contribution in [0.2, 0.25) is 0 Å². The van der Waals surface area contributed by atoms with E-state index in [0.29, 0.717) is 17.5 Å². The van der Waals surface area contributed by atoms with Crippen LogP contribution in [0.3, 0.4) is 0 Å². The van der Waals surface area contributed by atoms with Crippen LogP contribution in [0.5, 0.6) is 0 Å². The van der Waals surface area contributed by atoms with Crippen molar-refractivity contribution >= 4 is 32.6 Å². The molecule has 0 amide bonds. The van der Waals surface area contributed by atoms with Crippen molar-refractivity contribution in [2.24, 2.45) is 0 Å². The van der Waals surface area contributed by atoms with Gasteiger partial charge in [-0.1, -0.05) is 158 Å². The molecule has 0 unspecified atom stereocenters. The Kier molecular flexibility index (Phi) is 6.52. The Morgan fingerprint density at radius 3 is 1.49 bits per heavy atom. The van der Waals surface area contributed by atoms with Crippen LogP contribution in [0.15, 0.2) is 182 Å². The van der Waals surface area contributed by atoms with Crippen molar-refractivity contribution in [3.63, 3.8) is 0 Å². The second-order valence-corrected chi connectivity index (χ2v) is 13.6. The van der Waals surface area contributed by atoms with Crippen LogP contribution in [0.25, 0.3) is 106 Å². The van der Waals surface area contributed by atoms with Gasteiger partial charge >= 0.3 is 0 Å². The van der Waals surface area contributed by atoms with E-state index in [2.05, 4.69) is 150 Å². The van der Waals surface area contributed by atoms with Crippen LogP contribution in [-0.2, 0) is 0 Å². The van der Waals surface area contributed by atoms with Crippen LogP contribution in [0.1, 0.15) is 0 Å². The fourth-order valence-corrected chi connectivity index (χ4v) is 8.23. The summed E-state index contributed by atoms with van der Waals surface area (Å²) in [6.07, 6.45) is 0. The lowest BCUT2D eigenvalue weighted by molar-refractivity contribution is 1.06. The lowest BCUT2D eigenvalue weighted by atomic mass is 9.93. The average Bonchev–Trinajstić information content (AvgIpc) is 3.52. The van der Waals surface area contributed by atoms with Gasteiger partial charge in [0.25, 0.3) is 0 Å². The van der Waals surface area contributed by atoms with Gasteiger partial charge in [0.2, 0.25) is 0 Å². The predicted octanol–water partition coefficient (Wildman–Crippen LogP) is 12.4. The average molecular weight is 675 g/mol. The van der Waals surface area contributed by atoms with Crippen molar-refractivity contribution in [3.05, 3.63) is 182 Å². The topological polar surface area (TPSA) is 43.6 Å². The minimum Gasteiger partial charge on any atom is -0.308 e. The largest absolute Gasteiger partial charge is 0.308 e. The van der Waals surface area contributed by atoms with Gasteiger partial charge in [0.05, 0.1) is 16.7 Å². The molecule has 0 bridgehead atoms. The van der Waals surface area contributed by atoms with Gasteiger partial charge in [0.15, 0.2) is 17.5 Å². The zero-order valence-electron chi connectivity index (χ0n) is 28.6. The molecule has 10 aromatic rings. The first-order valence-corrected chi connectivity index (χ1v) is 18.0. The summed E-state index contributed by atoms with van der Waals surface area (Å²) in [5.74, 6) is 1.90. The molecule has 0 radical (unpaired) electrons. The highest BCUT2D eigenvalue weighted by molar-refractivity contribution is 6.30. The fraction of sp³-hybridized carbons (Fsp3) is 0. The van der Waals surface area contributed by atoms with E-state index in [4.69, 9.17) is 15.0 Å². The molecule has 2 aromatic heterocycles. The molecule has 0 fully saturated rings. The maximum atomic E-state index is 5.22. The summed E-state index contributed by atoms with van der Waals surface area (Å²) in [7, 11) is 0. The lowest BCUT2D eigenvalue weighted by Gasteiger charge is -2.17. The molecule has 11 rings (SSSR count). The van der Waals surface area contributed by atoms with E-state index in [-0.39, 0.29) is 0 Å². The fourth-order valence-electron chi connectivity index (χ4n) is 8.23. The number of benzene rings is 8. The van der Waals surface area contributed by atoms with E-state index in [1.54, 1.807) is 0 Å². The smallest absolute Gasteiger partial charge is 0.166 e. The highest BCUT2D eigenvalue weighted by Gasteiger charge is 2.26. The first-order chi connectivity index (χ1) is 26.3. The quantitative estimate of drug-likeness (QED) is 0.182. The number of hydrogen-bond acceptors (Lipinski definition) is 3. The Balaban J connectivity index is 1.27. The summed E-state index contributed by atoms with van der Waals surface area (Å²) < 4.78 is 2.44. The van der Waals surface area contributed by atoms with Crippen molar-refractivity contribution in [3.8, 4) is 73.2 Å². The summed E-state index contributed by atoms with van der Waals surface area (Å²) in [5, 5.41) is 5.04. The normalized spacial score (nSPS) is 11.8. The van der Waals surface area contributed by atoms with Gasteiger partial charge in [-0.25, -0.2) is 15.0 Å².